The van der Waals surface area contributed by atoms with Crippen LogP contribution in [0.3, 0.4) is 0 Å². The molecule has 1 aliphatic carbocycles. The van der Waals surface area contributed by atoms with Crippen LogP contribution in [0.25, 0.3) is 11.4 Å². The second-order valence-electron chi connectivity index (χ2n) is 9.07. The first-order chi connectivity index (χ1) is 17.6. The van der Waals surface area contributed by atoms with Crippen LogP contribution in [-0.2, 0) is 4.79 Å². The molecular formula is C25H24FIN6O4. The average molecular weight is 618 g/mol. The molecule has 1 aliphatic heterocycles. The number of carbonyl (C=O) groups is 1. The van der Waals surface area contributed by atoms with Gasteiger partial charge >= 0.3 is 5.69 Å². The van der Waals surface area contributed by atoms with Gasteiger partial charge in [-0.25, -0.2) is 23.9 Å². The molecule has 192 valence electrons. The number of nitrogens with one attached hydrogen (secondary N) is 3. The molecule has 2 aliphatic rings. The van der Waals surface area contributed by atoms with Crippen LogP contribution in [0.2, 0.25) is 0 Å². The largest absolute Gasteiger partial charge is 0.603 e. The molecule has 1 aromatic heterocycles. The molecule has 1 saturated carbocycles. The topological polar surface area (TPSA) is 116 Å². The second-order valence-corrected chi connectivity index (χ2v) is 10.3. The number of fused-ring (bicyclic) bond motifs is 1. The molecule has 12 heteroatoms. The molecule has 1 fully saturated rings. The van der Waals surface area contributed by atoms with E-state index in [9.17, 15) is 19.6 Å². The molecule has 0 saturated heterocycles. The van der Waals surface area contributed by atoms with Gasteiger partial charge < -0.3 is 15.8 Å². The van der Waals surface area contributed by atoms with Crippen LogP contribution in [0.1, 0.15) is 38.3 Å². The fraction of sp³-hybridized carbons (Fsp3) is 0.240. The van der Waals surface area contributed by atoms with Crippen molar-refractivity contribution in [2.24, 2.45) is 0 Å². The van der Waals surface area contributed by atoms with Gasteiger partial charge in [0.2, 0.25) is 5.91 Å². The monoisotopic (exact) mass is 618 g/mol. The summed E-state index contributed by atoms with van der Waals surface area (Å²) in [6.07, 6.45) is 1.31. The number of hydrogen-bond acceptors (Lipinski definition) is 6. The lowest BCUT2D eigenvalue weighted by Crippen LogP contribution is -3.13. The fourth-order valence-electron chi connectivity index (χ4n) is 4.50. The van der Waals surface area contributed by atoms with Crippen molar-refractivity contribution in [3.63, 3.8) is 0 Å². The molecule has 0 bridgehead atoms. The third-order valence-corrected chi connectivity index (χ3v) is 7.02. The number of nitrogens with zero attached hydrogens (tertiary/aromatic N) is 3. The summed E-state index contributed by atoms with van der Waals surface area (Å²) in [4.78, 5) is 39.0. The van der Waals surface area contributed by atoms with Gasteiger partial charge in [0.1, 0.15) is 17.1 Å². The number of rotatable bonds is 5. The molecule has 37 heavy (non-hydrogen) atoms. The van der Waals surface area contributed by atoms with Crippen molar-refractivity contribution in [3.05, 3.63) is 89.2 Å². The lowest BCUT2D eigenvalue weighted by Gasteiger charge is -2.39. The van der Waals surface area contributed by atoms with Gasteiger partial charge in [-0.15, -0.1) is 0 Å². The Balaban J connectivity index is 1.78. The van der Waals surface area contributed by atoms with Gasteiger partial charge in [0.15, 0.2) is 11.5 Å². The first-order valence-electron chi connectivity index (χ1n) is 11.6. The Bertz CT molecular complexity index is 1590. The zero-order chi connectivity index (χ0) is 26.6. The highest BCUT2D eigenvalue weighted by molar-refractivity contribution is 14.1. The molecule has 1 atom stereocenters. The van der Waals surface area contributed by atoms with Crippen molar-refractivity contribution < 1.29 is 14.4 Å². The summed E-state index contributed by atoms with van der Waals surface area (Å²) in [5, 5.41) is 19.9. The van der Waals surface area contributed by atoms with Crippen LogP contribution in [0, 0.1) is 14.6 Å². The molecule has 10 nitrogen and oxygen atoms in total. The Labute approximate surface area is 224 Å². The highest BCUT2D eigenvalue weighted by atomic mass is 127. The average Bonchev–Trinajstić information content (AvgIpc) is 3.66. The van der Waals surface area contributed by atoms with Gasteiger partial charge in [-0.2, -0.15) is 0 Å². The Morgan fingerprint density at radius 2 is 1.86 bits per heavy atom. The van der Waals surface area contributed by atoms with Crippen molar-refractivity contribution in [3.8, 4) is 5.69 Å². The number of quaternary nitrogens is 1. The van der Waals surface area contributed by atoms with E-state index in [0.29, 0.717) is 27.8 Å². The van der Waals surface area contributed by atoms with Crippen LogP contribution < -0.4 is 32.1 Å². The van der Waals surface area contributed by atoms with Gasteiger partial charge in [-0.3, -0.25) is 14.2 Å². The van der Waals surface area contributed by atoms with Crippen molar-refractivity contribution >= 4 is 51.4 Å². The maximum absolute atomic E-state index is 15.2. The molecule has 2 heterocycles. The Hall–Kier alpha value is -3.49. The van der Waals surface area contributed by atoms with Crippen LogP contribution in [0.5, 0.6) is 0 Å². The summed E-state index contributed by atoms with van der Waals surface area (Å²) in [5.41, 5.74) is 0.304. The molecular weight excluding hydrogens is 594 g/mol. The Kier molecular flexibility index (Phi) is 6.41. The zero-order valence-corrected chi connectivity index (χ0v) is 22.4. The van der Waals surface area contributed by atoms with Crippen molar-refractivity contribution in [2.75, 3.05) is 22.7 Å². The fourth-order valence-corrected chi connectivity index (χ4v) is 4.96. The number of aromatic nitrogens is 2. The number of carbonyl (C=O) groups excluding carboxylic acids is 1. The van der Waals surface area contributed by atoms with Gasteiger partial charge in [0, 0.05) is 34.8 Å². The predicted molar refractivity (Wildman–Crippen MR) is 147 cm³/mol. The van der Waals surface area contributed by atoms with Gasteiger partial charge in [0.25, 0.3) is 5.56 Å². The number of benzene rings is 2. The number of halogens is 2. The van der Waals surface area contributed by atoms with Crippen molar-refractivity contribution in [1.29, 1.82) is 0 Å². The minimum Gasteiger partial charge on any atom is -0.603 e. The third kappa shape index (κ3) is 4.45. The standard InChI is InChI=1S/C25H24FIN6O4/c1-13-22(29-17-6-4-5-16(12-17)28-14(2)34)21-23(30(3)33(13)37)32(20-10-7-15(27)11-19(20)26)25(36)31(24(21)35)18-8-9-18/h4-7,10-12,18,29,33H,8-9H2,1-3H3,(H,28,34). The van der Waals surface area contributed by atoms with E-state index in [1.807, 2.05) is 22.6 Å². The number of anilines is 3. The molecule has 3 N–H and O–H groups in total. The van der Waals surface area contributed by atoms with Gasteiger partial charge in [-0.05, 0) is 71.8 Å². The van der Waals surface area contributed by atoms with Crippen LogP contribution in [0.4, 0.5) is 21.6 Å². The summed E-state index contributed by atoms with van der Waals surface area (Å²) >= 11 is 1.97. The second kappa shape index (κ2) is 9.43. The summed E-state index contributed by atoms with van der Waals surface area (Å²) in [6, 6.07) is 10.9. The number of hydroxylamine groups is 1. The SMILES string of the molecule is CC(=O)Nc1cccc(NC2=C(C)[NH+]([O-])N(C)c3c2c(=O)n(C2CC2)c(=O)n3-c2ccc(I)cc2F)c1. The number of amides is 1. The lowest BCUT2D eigenvalue weighted by molar-refractivity contribution is -0.814. The maximum atomic E-state index is 15.2. The minimum atomic E-state index is -0.697. The van der Waals surface area contributed by atoms with E-state index in [-0.39, 0.29) is 40.4 Å². The normalized spacial score (nSPS) is 17.0. The first-order valence-corrected chi connectivity index (χ1v) is 12.7. The maximum Gasteiger partial charge on any atom is 0.337 e. The van der Waals surface area contributed by atoms with E-state index in [1.165, 1.54) is 31.1 Å². The van der Waals surface area contributed by atoms with Gasteiger partial charge in [-0.1, -0.05) is 6.07 Å². The number of hydrogen-bond donors (Lipinski definition) is 3. The summed E-state index contributed by atoms with van der Waals surface area (Å²) in [6.45, 7) is 2.98. The van der Waals surface area contributed by atoms with E-state index in [4.69, 9.17) is 0 Å². The van der Waals surface area contributed by atoms with E-state index in [1.54, 1.807) is 37.3 Å². The van der Waals surface area contributed by atoms with Crippen LogP contribution in [0.15, 0.2) is 57.8 Å². The molecule has 1 amide bonds. The first kappa shape index (κ1) is 25.2. The van der Waals surface area contributed by atoms with Crippen molar-refractivity contribution in [1.82, 2.24) is 9.13 Å². The number of allylic oxidation sites excluding steroid dienone is 1. The van der Waals surface area contributed by atoms with Crippen LogP contribution >= 0.6 is 22.6 Å². The molecule has 2 aromatic carbocycles. The molecule has 0 radical (unpaired) electrons. The third-order valence-electron chi connectivity index (χ3n) is 6.35. The lowest BCUT2D eigenvalue weighted by atomic mass is 10.1. The Morgan fingerprint density at radius 3 is 2.51 bits per heavy atom. The van der Waals surface area contributed by atoms with Gasteiger partial charge in [0.05, 0.1) is 12.7 Å². The predicted octanol–water partition coefficient (Wildman–Crippen LogP) is 2.58. The molecule has 1 unspecified atom stereocenters. The van der Waals surface area contributed by atoms with E-state index >= 15 is 4.39 Å². The van der Waals surface area contributed by atoms with E-state index in [0.717, 1.165) is 9.13 Å². The Morgan fingerprint density at radius 1 is 1.16 bits per heavy atom. The molecule has 0 spiro atoms. The van der Waals surface area contributed by atoms with Crippen molar-refractivity contribution in [2.45, 2.75) is 32.7 Å². The minimum absolute atomic E-state index is 0.0110. The molecule has 5 rings (SSSR count). The van der Waals surface area contributed by atoms with Crippen LogP contribution in [-0.4, -0.2) is 22.1 Å². The zero-order valence-electron chi connectivity index (χ0n) is 20.3. The molecule has 3 aromatic rings. The quantitative estimate of drug-likeness (QED) is 0.299. The van der Waals surface area contributed by atoms with E-state index < -0.39 is 22.2 Å². The summed E-state index contributed by atoms with van der Waals surface area (Å²) in [7, 11) is 1.46. The summed E-state index contributed by atoms with van der Waals surface area (Å²) in [5.74, 6) is -0.909. The highest BCUT2D eigenvalue weighted by Gasteiger charge is 2.38. The summed E-state index contributed by atoms with van der Waals surface area (Å²) < 4.78 is 18.1. The van der Waals surface area contributed by atoms with E-state index in [2.05, 4.69) is 10.6 Å². The highest BCUT2D eigenvalue weighted by Crippen LogP contribution is 2.35. The smallest absolute Gasteiger partial charge is 0.337 e.